The summed E-state index contributed by atoms with van der Waals surface area (Å²) in [5.41, 5.74) is 0.883. The Hall–Kier alpha value is -1.69. The summed E-state index contributed by atoms with van der Waals surface area (Å²) in [5.74, 6) is -0.415. The Morgan fingerprint density at radius 3 is 2.94 bits per heavy atom. The molecule has 0 saturated heterocycles. The van der Waals surface area contributed by atoms with Crippen molar-refractivity contribution < 1.29 is 9.90 Å². The van der Waals surface area contributed by atoms with E-state index in [4.69, 9.17) is 5.11 Å². The fourth-order valence-electron chi connectivity index (χ4n) is 1.73. The SMILES string of the molecule is CC(C)C(CNc1ncnc2ccsc12)C(=O)O. The smallest absolute Gasteiger partial charge is 0.308 e. The molecule has 0 amide bonds. The Morgan fingerprint density at radius 2 is 2.28 bits per heavy atom. The zero-order valence-corrected chi connectivity index (χ0v) is 11.1. The van der Waals surface area contributed by atoms with E-state index in [2.05, 4.69) is 15.3 Å². The summed E-state index contributed by atoms with van der Waals surface area (Å²) in [5, 5.41) is 14.2. The first kappa shape index (κ1) is 12.8. The van der Waals surface area contributed by atoms with Crippen LogP contribution >= 0.6 is 11.3 Å². The lowest BCUT2D eigenvalue weighted by molar-refractivity contribution is -0.142. The number of carboxylic acids is 1. The second-order valence-corrected chi connectivity index (χ2v) is 5.34. The number of aromatic nitrogens is 2. The van der Waals surface area contributed by atoms with E-state index < -0.39 is 11.9 Å². The summed E-state index contributed by atoms with van der Waals surface area (Å²) in [6.45, 7) is 4.18. The third-order valence-corrected chi connectivity index (χ3v) is 3.76. The van der Waals surface area contributed by atoms with E-state index in [9.17, 15) is 4.79 Å². The van der Waals surface area contributed by atoms with Crippen LogP contribution in [0.5, 0.6) is 0 Å². The van der Waals surface area contributed by atoms with Crippen molar-refractivity contribution in [3.8, 4) is 0 Å². The lowest BCUT2D eigenvalue weighted by atomic mass is 9.96. The van der Waals surface area contributed by atoms with Crippen molar-refractivity contribution in [2.75, 3.05) is 11.9 Å². The topological polar surface area (TPSA) is 75.1 Å². The zero-order valence-electron chi connectivity index (χ0n) is 10.3. The molecule has 0 aliphatic rings. The number of nitrogens with zero attached hydrogens (tertiary/aromatic N) is 2. The van der Waals surface area contributed by atoms with Crippen LogP contribution in [0.3, 0.4) is 0 Å². The van der Waals surface area contributed by atoms with Gasteiger partial charge in [-0.15, -0.1) is 11.3 Å². The number of nitrogens with one attached hydrogen (secondary N) is 1. The molecular formula is C12H15N3O2S. The van der Waals surface area contributed by atoms with Crippen LogP contribution in [-0.4, -0.2) is 27.6 Å². The Bertz CT molecular complexity index is 553. The number of fused-ring (bicyclic) bond motifs is 1. The number of thiophene rings is 1. The number of hydrogen-bond acceptors (Lipinski definition) is 5. The van der Waals surface area contributed by atoms with Crippen LogP contribution in [0.2, 0.25) is 0 Å². The maximum atomic E-state index is 11.1. The second kappa shape index (κ2) is 5.30. The second-order valence-electron chi connectivity index (χ2n) is 4.43. The van der Waals surface area contributed by atoms with Crippen LogP contribution in [0.4, 0.5) is 5.82 Å². The van der Waals surface area contributed by atoms with Crippen LogP contribution < -0.4 is 5.32 Å². The van der Waals surface area contributed by atoms with Gasteiger partial charge in [0, 0.05) is 6.54 Å². The molecule has 0 fully saturated rings. The van der Waals surface area contributed by atoms with Gasteiger partial charge in [-0.1, -0.05) is 13.8 Å². The van der Waals surface area contributed by atoms with E-state index in [1.807, 2.05) is 25.3 Å². The number of carbonyl (C=O) groups is 1. The fourth-order valence-corrected chi connectivity index (χ4v) is 2.54. The summed E-state index contributed by atoms with van der Waals surface area (Å²) in [4.78, 5) is 19.4. The predicted molar refractivity (Wildman–Crippen MR) is 71.9 cm³/mol. The monoisotopic (exact) mass is 265 g/mol. The molecule has 96 valence electrons. The molecule has 2 heterocycles. The molecule has 0 spiro atoms. The first-order valence-corrected chi connectivity index (χ1v) is 6.62. The normalized spacial score (nSPS) is 12.8. The Balaban J connectivity index is 2.14. The molecule has 2 N–H and O–H groups in total. The fraction of sp³-hybridized carbons (Fsp3) is 0.417. The highest BCUT2D eigenvalue weighted by Gasteiger charge is 2.21. The Morgan fingerprint density at radius 1 is 1.50 bits per heavy atom. The van der Waals surface area contributed by atoms with Crippen LogP contribution in [0.25, 0.3) is 10.2 Å². The molecule has 2 aromatic heterocycles. The van der Waals surface area contributed by atoms with Crippen LogP contribution in [-0.2, 0) is 4.79 Å². The minimum absolute atomic E-state index is 0.0793. The number of anilines is 1. The quantitative estimate of drug-likeness (QED) is 0.868. The molecule has 6 heteroatoms. The summed E-state index contributed by atoms with van der Waals surface area (Å²) in [6, 6.07) is 1.92. The van der Waals surface area contributed by atoms with Gasteiger partial charge in [-0.05, 0) is 17.4 Å². The number of rotatable bonds is 5. The molecule has 1 unspecified atom stereocenters. The van der Waals surface area contributed by atoms with Crippen molar-refractivity contribution >= 4 is 33.3 Å². The standard InChI is InChI=1S/C12H15N3O2S/c1-7(2)8(12(16)17)5-13-11-10-9(3-4-18-10)14-6-15-11/h3-4,6-8H,5H2,1-2H3,(H,16,17)(H,13,14,15). The molecule has 2 rings (SSSR count). The zero-order chi connectivity index (χ0) is 13.1. The Labute approximate surface area is 109 Å². The molecule has 0 bridgehead atoms. The molecule has 0 aromatic carbocycles. The minimum Gasteiger partial charge on any atom is -0.481 e. The molecule has 2 aromatic rings. The molecule has 0 aliphatic heterocycles. The first-order valence-electron chi connectivity index (χ1n) is 5.74. The van der Waals surface area contributed by atoms with Crippen molar-refractivity contribution in [3.05, 3.63) is 17.8 Å². The van der Waals surface area contributed by atoms with Gasteiger partial charge >= 0.3 is 5.97 Å². The van der Waals surface area contributed by atoms with Gasteiger partial charge < -0.3 is 10.4 Å². The average molecular weight is 265 g/mol. The van der Waals surface area contributed by atoms with E-state index >= 15 is 0 Å². The van der Waals surface area contributed by atoms with Gasteiger partial charge in [0.1, 0.15) is 12.1 Å². The summed E-state index contributed by atoms with van der Waals surface area (Å²) in [6.07, 6.45) is 1.49. The molecule has 0 aliphatic carbocycles. The van der Waals surface area contributed by atoms with Crippen molar-refractivity contribution in [1.29, 1.82) is 0 Å². The van der Waals surface area contributed by atoms with Crippen molar-refractivity contribution in [2.45, 2.75) is 13.8 Å². The third kappa shape index (κ3) is 2.59. The summed E-state index contributed by atoms with van der Waals surface area (Å²) in [7, 11) is 0. The molecule has 1 atom stereocenters. The number of carboxylic acid groups (broad SMARTS) is 1. The average Bonchev–Trinajstić information content (AvgIpc) is 2.77. The summed E-state index contributed by atoms with van der Waals surface area (Å²) >= 11 is 1.55. The lowest BCUT2D eigenvalue weighted by Gasteiger charge is -2.17. The number of aliphatic carboxylic acids is 1. The highest BCUT2D eigenvalue weighted by molar-refractivity contribution is 7.17. The minimum atomic E-state index is -0.783. The summed E-state index contributed by atoms with van der Waals surface area (Å²) < 4.78 is 0.963. The lowest BCUT2D eigenvalue weighted by Crippen LogP contribution is -2.27. The van der Waals surface area contributed by atoms with Gasteiger partial charge in [-0.2, -0.15) is 0 Å². The van der Waals surface area contributed by atoms with Gasteiger partial charge in [0.2, 0.25) is 0 Å². The molecule has 0 saturated carbocycles. The largest absolute Gasteiger partial charge is 0.481 e. The highest BCUT2D eigenvalue weighted by Crippen LogP contribution is 2.25. The van der Waals surface area contributed by atoms with E-state index in [0.29, 0.717) is 12.4 Å². The van der Waals surface area contributed by atoms with Gasteiger partial charge in [-0.25, -0.2) is 9.97 Å². The predicted octanol–water partition coefficient (Wildman–Crippen LogP) is 2.46. The van der Waals surface area contributed by atoms with E-state index in [1.54, 1.807) is 11.3 Å². The first-order chi connectivity index (χ1) is 8.59. The van der Waals surface area contributed by atoms with Crippen LogP contribution in [0, 0.1) is 11.8 Å². The molecule has 0 radical (unpaired) electrons. The molecule has 18 heavy (non-hydrogen) atoms. The maximum absolute atomic E-state index is 11.1. The van der Waals surface area contributed by atoms with Gasteiger partial charge in [-0.3, -0.25) is 4.79 Å². The van der Waals surface area contributed by atoms with Crippen LogP contribution in [0.15, 0.2) is 17.8 Å². The maximum Gasteiger partial charge on any atom is 0.308 e. The van der Waals surface area contributed by atoms with Crippen molar-refractivity contribution in [2.24, 2.45) is 11.8 Å². The van der Waals surface area contributed by atoms with E-state index in [0.717, 1.165) is 10.2 Å². The van der Waals surface area contributed by atoms with Crippen LogP contribution in [0.1, 0.15) is 13.8 Å². The third-order valence-electron chi connectivity index (χ3n) is 2.85. The van der Waals surface area contributed by atoms with Gasteiger partial charge in [0.05, 0.1) is 16.1 Å². The van der Waals surface area contributed by atoms with E-state index in [-0.39, 0.29) is 5.92 Å². The van der Waals surface area contributed by atoms with E-state index in [1.165, 1.54) is 6.33 Å². The molecule has 5 nitrogen and oxygen atoms in total. The highest BCUT2D eigenvalue weighted by atomic mass is 32.1. The Kier molecular flexibility index (Phi) is 3.76. The van der Waals surface area contributed by atoms with Gasteiger partial charge in [0.15, 0.2) is 0 Å². The van der Waals surface area contributed by atoms with Crippen molar-refractivity contribution in [1.82, 2.24) is 9.97 Å². The number of hydrogen-bond donors (Lipinski definition) is 2. The molecular weight excluding hydrogens is 250 g/mol. The van der Waals surface area contributed by atoms with Gasteiger partial charge in [0.25, 0.3) is 0 Å². The van der Waals surface area contributed by atoms with Crippen molar-refractivity contribution in [3.63, 3.8) is 0 Å².